The number of rotatable bonds is 2. The smallest absolute Gasteiger partial charge is 0.155 e. The number of anilines is 2. The Balaban J connectivity index is 1.95. The zero-order chi connectivity index (χ0) is 12.5. The van der Waals surface area contributed by atoms with Crippen LogP contribution in [0.2, 0.25) is 0 Å². The van der Waals surface area contributed by atoms with E-state index in [1.807, 2.05) is 19.1 Å². The van der Waals surface area contributed by atoms with Crippen LogP contribution in [0.4, 0.5) is 11.5 Å². The Morgan fingerprint density at radius 2 is 2.22 bits per heavy atom. The van der Waals surface area contributed by atoms with Crippen molar-refractivity contribution in [3.63, 3.8) is 0 Å². The molecule has 0 atom stereocenters. The summed E-state index contributed by atoms with van der Waals surface area (Å²) in [5, 5.41) is 10.7. The second-order valence-electron chi connectivity index (χ2n) is 4.68. The van der Waals surface area contributed by atoms with Crippen LogP contribution in [-0.2, 0) is 6.42 Å². The molecule has 0 spiro atoms. The van der Waals surface area contributed by atoms with Gasteiger partial charge in [0.25, 0.3) is 0 Å². The van der Waals surface area contributed by atoms with Crippen molar-refractivity contribution in [2.75, 3.05) is 11.9 Å². The molecule has 4 nitrogen and oxygen atoms in total. The van der Waals surface area contributed by atoms with E-state index in [1.165, 1.54) is 5.56 Å². The van der Waals surface area contributed by atoms with Gasteiger partial charge in [0.1, 0.15) is 5.75 Å². The van der Waals surface area contributed by atoms with E-state index < -0.39 is 0 Å². The first-order valence-electron chi connectivity index (χ1n) is 6.29. The van der Waals surface area contributed by atoms with Gasteiger partial charge in [0.05, 0.1) is 6.61 Å². The lowest BCUT2D eigenvalue weighted by atomic mass is 10.0. The molecule has 0 amide bonds. The Morgan fingerprint density at radius 1 is 1.33 bits per heavy atom. The van der Waals surface area contributed by atoms with E-state index in [1.54, 1.807) is 0 Å². The van der Waals surface area contributed by atoms with Crippen LogP contribution >= 0.6 is 0 Å². The zero-order valence-electron chi connectivity index (χ0n) is 10.7. The Labute approximate surface area is 106 Å². The van der Waals surface area contributed by atoms with Gasteiger partial charge in [0, 0.05) is 22.5 Å². The van der Waals surface area contributed by atoms with Gasteiger partial charge in [0.2, 0.25) is 0 Å². The summed E-state index contributed by atoms with van der Waals surface area (Å²) in [6.45, 7) is 4.90. The molecule has 18 heavy (non-hydrogen) atoms. The summed E-state index contributed by atoms with van der Waals surface area (Å²) < 4.78 is 5.67. The number of hydrogen-bond acceptors (Lipinski definition) is 3. The van der Waals surface area contributed by atoms with Crippen LogP contribution in [0.15, 0.2) is 18.2 Å². The maximum Gasteiger partial charge on any atom is 0.155 e. The first-order valence-corrected chi connectivity index (χ1v) is 6.29. The maximum atomic E-state index is 5.67. The Bertz CT molecular complexity index is 574. The molecule has 1 aromatic heterocycles. The van der Waals surface area contributed by atoms with Crippen LogP contribution in [-0.4, -0.2) is 16.8 Å². The van der Waals surface area contributed by atoms with Crippen LogP contribution < -0.4 is 10.1 Å². The molecule has 0 saturated heterocycles. The van der Waals surface area contributed by atoms with E-state index >= 15 is 0 Å². The molecule has 2 heterocycles. The summed E-state index contributed by atoms with van der Waals surface area (Å²) in [7, 11) is 0. The third-order valence-corrected chi connectivity index (χ3v) is 3.47. The highest BCUT2D eigenvalue weighted by Crippen LogP contribution is 2.33. The Hall–Kier alpha value is -1.97. The fraction of sp³-hybridized carbons (Fsp3) is 0.357. The van der Waals surface area contributed by atoms with Gasteiger partial charge < -0.3 is 10.1 Å². The van der Waals surface area contributed by atoms with Crippen LogP contribution in [0, 0.1) is 13.8 Å². The molecule has 1 aromatic carbocycles. The topological polar surface area (TPSA) is 49.9 Å². The van der Waals surface area contributed by atoms with Crippen molar-refractivity contribution in [2.45, 2.75) is 26.7 Å². The van der Waals surface area contributed by atoms with Gasteiger partial charge in [-0.1, -0.05) is 6.07 Å². The predicted octanol–water partition coefficient (Wildman–Crippen LogP) is 3.10. The molecule has 0 fully saturated rings. The first kappa shape index (κ1) is 11.1. The minimum Gasteiger partial charge on any atom is -0.493 e. The molecule has 0 aliphatic carbocycles. The van der Waals surface area contributed by atoms with Crippen molar-refractivity contribution in [3.8, 4) is 5.75 Å². The summed E-state index contributed by atoms with van der Waals surface area (Å²) >= 11 is 0. The lowest BCUT2D eigenvalue weighted by Crippen LogP contribution is -2.10. The molecular weight excluding hydrogens is 226 g/mol. The fourth-order valence-corrected chi connectivity index (χ4v) is 2.24. The van der Waals surface area contributed by atoms with Crippen LogP contribution in [0.1, 0.15) is 23.2 Å². The van der Waals surface area contributed by atoms with E-state index in [-0.39, 0.29) is 0 Å². The summed E-state index contributed by atoms with van der Waals surface area (Å²) in [6.07, 6.45) is 2.13. The number of aryl methyl sites for hydroxylation is 1. The van der Waals surface area contributed by atoms with Gasteiger partial charge in [-0.15, -0.1) is 0 Å². The van der Waals surface area contributed by atoms with Crippen molar-refractivity contribution in [2.24, 2.45) is 0 Å². The summed E-state index contributed by atoms with van der Waals surface area (Å²) in [6, 6.07) is 6.13. The molecular formula is C14H17N3O. The number of aromatic nitrogens is 2. The van der Waals surface area contributed by atoms with Gasteiger partial charge in [-0.25, -0.2) is 0 Å². The Morgan fingerprint density at radius 3 is 3.00 bits per heavy atom. The molecule has 4 heteroatoms. The van der Waals surface area contributed by atoms with Gasteiger partial charge in [0.15, 0.2) is 5.82 Å². The standard InChI is InChI=1S/C14H17N3O/c1-9-10(2)16-17-14(9)15-12-6-3-7-13-11(12)5-4-8-18-13/h3,6-7H,4-5,8H2,1-2H3,(H2,15,16,17). The molecule has 1 aliphatic rings. The van der Waals surface area contributed by atoms with Gasteiger partial charge in [-0.05, 0) is 38.8 Å². The third kappa shape index (κ3) is 1.83. The second-order valence-corrected chi connectivity index (χ2v) is 4.68. The predicted molar refractivity (Wildman–Crippen MR) is 71.6 cm³/mol. The minimum absolute atomic E-state index is 0.816. The van der Waals surface area contributed by atoms with Crippen LogP contribution in [0.25, 0.3) is 0 Å². The van der Waals surface area contributed by atoms with E-state index in [0.717, 1.165) is 48.0 Å². The molecule has 0 saturated carbocycles. The van der Waals surface area contributed by atoms with Crippen molar-refractivity contribution in [1.82, 2.24) is 10.2 Å². The van der Waals surface area contributed by atoms with Crippen LogP contribution in [0.3, 0.4) is 0 Å². The molecule has 2 N–H and O–H groups in total. The monoisotopic (exact) mass is 243 g/mol. The largest absolute Gasteiger partial charge is 0.493 e. The molecule has 0 radical (unpaired) electrons. The van der Waals surface area contributed by atoms with Crippen molar-refractivity contribution < 1.29 is 4.74 Å². The Kier molecular flexibility index (Phi) is 2.70. The van der Waals surface area contributed by atoms with Crippen molar-refractivity contribution in [1.29, 1.82) is 0 Å². The molecule has 2 aromatic rings. The maximum absolute atomic E-state index is 5.67. The van der Waals surface area contributed by atoms with Crippen molar-refractivity contribution >= 4 is 11.5 Å². The van der Waals surface area contributed by atoms with E-state index in [9.17, 15) is 0 Å². The molecule has 0 bridgehead atoms. The van der Waals surface area contributed by atoms with Gasteiger partial charge in [-0.3, -0.25) is 5.10 Å². The molecule has 3 rings (SSSR count). The molecule has 1 aliphatic heterocycles. The lowest BCUT2D eigenvalue weighted by molar-refractivity contribution is 0.289. The highest BCUT2D eigenvalue weighted by atomic mass is 16.5. The third-order valence-electron chi connectivity index (χ3n) is 3.47. The number of H-pyrrole nitrogens is 1. The molecule has 94 valence electrons. The SMILES string of the molecule is Cc1[nH]nc(Nc2cccc3c2CCCO3)c1C. The summed E-state index contributed by atoms with van der Waals surface area (Å²) in [5.41, 5.74) is 4.61. The number of aromatic amines is 1. The fourth-order valence-electron chi connectivity index (χ4n) is 2.24. The van der Waals surface area contributed by atoms with E-state index in [0.29, 0.717) is 0 Å². The number of benzene rings is 1. The second kappa shape index (κ2) is 4.37. The number of hydrogen-bond donors (Lipinski definition) is 2. The van der Waals surface area contributed by atoms with Crippen molar-refractivity contribution in [3.05, 3.63) is 35.0 Å². The number of ether oxygens (including phenoxy) is 1. The summed E-state index contributed by atoms with van der Waals surface area (Å²) in [5.74, 6) is 1.89. The highest BCUT2D eigenvalue weighted by molar-refractivity contribution is 5.66. The van der Waals surface area contributed by atoms with E-state index in [4.69, 9.17) is 4.74 Å². The van der Waals surface area contributed by atoms with E-state index in [2.05, 4.69) is 28.5 Å². The van der Waals surface area contributed by atoms with Gasteiger partial charge >= 0.3 is 0 Å². The first-order chi connectivity index (χ1) is 8.75. The minimum atomic E-state index is 0.816. The number of nitrogens with one attached hydrogen (secondary N) is 2. The normalized spacial score (nSPS) is 13.9. The lowest BCUT2D eigenvalue weighted by Gasteiger charge is -2.20. The number of fused-ring (bicyclic) bond motifs is 1. The van der Waals surface area contributed by atoms with Crippen LogP contribution in [0.5, 0.6) is 5.75 Å². The molecule has 0 unspecified atom stereocenters. The average molecular weight is 243 g/mol. The highest BCUT2D eigenvalue weighted by Gasteiger charge is 2.15. The average Bonchev–Trinajstić information content (AvgIpc) is 2.71. The zero-order valence-corrected chi connectivity index (χ0v) is 10.7. The number of nitrogens with zero attached hydrogens (tertiary/aromatic N) is 1. The quantitative estimate of drug-likeness (QED) is 0.852. The van der Waals surface area contributed by atoms with Gasteiger partial charge in [-0.2, -0.15) is 5.10 Å². The summed E-state index contributed by atoms with van der Waals surface area (Å²) in [4.78, 5) is 0.